The molecule has 5 nitrogen and oxygen atoms in total. The summed E-state index contributed by atoms with van der Waals surface area (Å²) in [5, 5.41) is 8.98. The summed E-state index contributed by atoms with van der Waals surface area (Å²) in [4.78, 5) is -0.212. The molecule has 1 aromatic rings. The maximum absolute atomic E-state index is 13.3. The molecule has 0 aromatic heterocycles. The SMILES string of the molecule is COc1ccc(S(=O)(=O)NC[C@H](C)O)cc1F. The quantitative estimate of drug-likeness (QED) is 0.811. The van der Waals surface area contributed by atoms with Gasteiger partial charge >= 0.3 is 0 Å². The minimum Gasteiger partial charge on any atom is -0.494 e. The molecule has 1 atom stereocenters. The fourth-order valence-electron chi connectivity index (χ4n) is 1.13. The zero-order valence-corrected chi connectivity index (χ0v) is 10.3. The Hall–Kier alpha value is -1.18. The summed E-state index contributed by atoms with van der Waals surface area (Å²) in [5.74, 6) is -0.785. The highest BCUT2D eigenvalue weighted by Gasteiger charge is 2.16. The van der Waals surface area contributed by atoms with Gasteiger partial charge in [0.05, 0.1) is 18.1 Å². The number of hydrogen-bond acceptors (Lipinski definition) is 4. The number of nitrogens with one attached hydrogen (secondary N) is 1. The van der Waals surface area contributed by atoms with Gasteiger partial charge in [-0.3, -0.25) is 0 Å². The van der Waals surface area contributed by atoms with Crippen LogP contribution in [0.3, 0.4) is 0 Å². The van der Waals surface area contributed by atoms with E-state index >= 15 is 0 Å². The smallest absolute Gasteiger partial charge is 0.240 e. The highest BCUT2D eigenvalue weighted by Crippen LogP contribution is 2.20. The maximum Gasteiger partial charge on any atom is 0.240 e. The molecule has 1 aromatic carbocycles. The van der Waals surface area contributed by atoms with E-state index in [-0.39, 0.29) is 17.2 Å². The molecule has 0 amide bonds. The summed E-state index contributed by atoms with van der Waals surface area (Å²) in [6.45, 7) is 1.31. The van der Waals surface area contributed by atoms with Crippen molar-refractivity contribution in [2.45, 2.75) is 17.9 Å². The first kappa shape index (κ1) is 13.9. The van der Waals surface area contributed by atoms with Crippen LogP contribution in [-0.2, 0) is 10.0 Å². The molecule has 0 fully saturated rings. The first-order valence-electron chi connectivity index (χ1n) is 4.88. The zero-order chi connectivity index (χ0) is 13.1. The molecule has 0 radical (unpaired) electrons. The molecular formula is C10H14FNO4S. The molecule has 0 aliphatic rings. The van der Waals surface area contributed by atoms with E-state index in [4.69, 9.17) is 5.11 Å². The van der Waals surface area contributed by atoms with Crippen LogP contribution >= 0.6 is 0 Å². The van der Waals surface area contributed by atoms with E-state index in [9.17, 15) is 12.8 Å². The van der Waals surface area contributed by atoms with Crippen LogP contribution in [0.5, 0.6) is 5.75 Å². The van der Waals surface area contributed by atoms with Crippen molar-refractivity contribution in [2.75, 3.05) is 13.7 Å². The van der Waals surface area contributed by atoms with E-state index in [2.05, 4.69) is 9.46 Å². The summed E-state index contributed by atoms with van der Waals surface area (Å²) in [7, 11) is -2.52. The summed E-state index contributed by atoms with van der Waals surface area (Å²) in [6, 6.07) is 3.32. The predicted octanol–water partition coefficient (Wildman–Crippen LogP) is 0.493. The van der Waals surface area contributed by atoms with Gasteiger partial charge in [0.15, 0.2) is 11.6 Å². The van der Waals surface area contributed by atoms with Crippen molar-refractivity contribution in [3.05, 3.63) is 24.0 Å². The summed E-state index contributed by atoms with van der Waals surface area (Å²) >= 11 is 0. The largest absolute Gasteiger partial charge is 0.494 e. The molecule has 0 bridgehead atoms. The Kier molecular flexibility index (Phi) is 4.44. The maximum atomic E-state index is 13.3. The normalized spacial score (nSPS) is 13.4. The number of ether oxygens (including phenoxy) is 1. The van der Waals surface area contributed by atoms with Crippen LogP contribution in [0.4, 0.5) is 4.39 Å². The van der Waals surface area contributed by atoms with Crippen LogP contribution in [0, 0.1) is 5.82 Å². The number of halogens is 1. The summed E-state index contributed by atoms with van der Waals surface area (Å²) < 4.78 is 43.5. The number of sulfonamides is 1. The third-order valence-corrected chi connectivity index (χ3v) is 3.42. The lowest BCUT2D eigenvalue weighted by atomic mass is 10.3. The number of aliphatic hydroxyl groups excluding tert-OH is 1. The van der Waals surface area contributed by atoms with E-state index in [1.807, 2.05) is 0 Å². The fourth-order valence-corrected chi connectivity index (χ4v) is 2.26. The second-order valence-electron chi connectivity index (χ2n) is 3.50. The number of aliphatic hydroxyl groups is 1. The van der Waals surface area contributed by atoms with Crippen LogP contribution in [0.2, 0.25) is 0 Å². The van der Waals surface area contributed by atoms with E-state index < -0.39 is 21.9 Å². The number of methoxy groups -OCH3 is 1. The number of hydrogen-bond donors (Lipinski definition) is 2. The van der Waals surface area contributed by atoms with Gasteiger partial charge in [-0.05, 0) is 25.1 Å². The van der Waals surface area contributed by atoms with Gasteiger partial charge in [-0.15, -0.1) is 0 Å². The highest BCUT2D eigenvalue weighted by molar-refractivity contribution is 7.89. The van der Waals surface area contributed by atoms with Crippen LogP contribution in [0.15, 0.2) is 23.1 Å². The standard InChI is InChI=1S/C10H14FNO4S/c1-7(13)6-12-17(14,15)8-3-4-10(16-2)9(11)5-8/h3-5,7,12-13H,6H2,1-2H3/t7-/m0/s1. The van der Waals surface area contributed by atoms with Crippen LogP contribution in [0.25, 0.3) is 0 Å². The molecule has 0 aliphatic heterocycles. The fraction of sp³-hybridized carbons (Fsp3) is 0.400. The lowest BCUT2D eigenvalue weighted by Crippen LogP contribution is -2.30. The molecule has 0 unspecified atom stereocenters. The van der Waals surface area contributed by atoms with Crippen molar-refractivity contribution in [1.82, 2.24) is 4.72 Å². The topological polar surface area (TPSA) is 75.6 Å². The van der Waals surface area contributed by atoms with E-state index in [1.165, 1.54) is 26.2 Å². The number of rotatable bonds is 5. The molecule has 1 rings (SSSR count). The zero-order valence-electron chi connectivity index (χ0n) is 9.47. The van der Waals surface area contributed by atoms with Gasteiger partial charge in [0.2, 0.25) is 10.0 Å². The molecule has 17 heavy (non-hydrogen) atoms. The van der Waals surface area contributed by atoms with Gasteiger partial charge in [-0.1, -0.05) is 0 Å². The Morgan fingerprint density at radius 3 is 2.65 bits per heavy atom. The first-order valence-corrected chi connectivity index (χ1v) is 6.36. The number of benzene rings is 1. The monoisotopic (exact) mass is 263 g/mol. The molecule has 0 saturated carbocycles. The van der Waals surface area contributed by atoms with Crippen LogP contribution in [0.1, 0.15) is 6.92 Å². The minimum absolute atomic E-state index is 0.0283. The van der Waals surface area contributed by atoms with Gasteiger partial charge in [0.1, 0.15) is 0 Å². The Balaban J connectivity index is 2.96. The lowest BCUT2D eigenvalue weighted by molar-refractivity contribution is 0.198. The van der Waals surface area contributed by atoms with Crippen molar-refractivity contribution in [1.29, 1.82) is 0 Å². The lowest BCUT2D eigenvalue weighted by Gasteiger charge is -2.09. The molecule has 0 aliphatic carbocycles. The Bertz CT molecular complexity index is 487. The third kappa shape index (κ3) is 3.65. The second kappa shape index (κ2) is 5.44. The Morgan fingerprint density at radius 1 is 1.53 bits per heavy atom. The average molecular weight is 263 g/mol. The van der Waals surface area contributed by atoms with Crippen molar-refractivity contribution >= 4 is 10.0 Å². The van der Waals surface area contributed by atoms with Gasteiger partial charge in [-0.2, -0.15) is 0 Å². The Labute approximate surface area is 99.3 Å². The van der Waals surface area contributed by atoms with E-state index in [0.29, 0.717) is 0 Å². The molecule has 96 valence electrons. The van der Waals surface area contributed by atoms with E-state index in [1.54, 1.807) is 0 Å². The van der Waals surface area contributed by atoms with E-state index in [0.717, 1.165) is 6.07 Å². The van der Waals surface area contributed by atoms with Crippen molar-refractivity contribution in [3.8, 4) is 5.75 Å². The Morgan fingerprint density at radius 2 is 2.18 bits per heavy atom. The van der Waals surface area contributed by atoms with Gasteiger partial charge in [-0.25, -0.2) is 17.5 Å². The molecular weight excluding hydrogens is 249 g/mol. The summed E-state index contributed by atoms with van der Waals surface area (Å²) in [6.07, 6.45) is -0.812. The molecule has 0 spiro atoms. The van der Waals surface area contributed by atoms with Crippen molar-refractivity contribution in [3.63, 3.8) is 0 Å². The summed E-state index contributed by atoms with van der Waals surface area (Å²) in [5.41, 5.74) is 0. The first-order chi connectivity index (χ1) is 7.86. The van der Waals surface area contributed by atoms with Crippen molar-refractivity contribution < 1.29 is 22.7 Å². The highest BCUT2D eigenvalue weighted by atomic mass is 32.2. The predicted molar refractivity (Wildman–Crippen MR) is 59.8 cm³/mol. The minimum atomic E-state index is -3.81. The van der Waals surface area contributed by atoms with Crippen molar-refractivity contribution in [2.24, 2.45) is 0 Å². The molecule has 0 saturated heterocycles. The molecule has 2 N–H and O–H groups in total. The molecule has 0 heterocycles. The molecule has 7 heteroatoms. The van der Waals surface area contributed by atoms with Gasteiger partial charge < -0.3 is 9.84 Å². The van der Waals surface area contributed by atoms with Gasteiger partial charge in [0.25, 0.3) is 0 Å². The van der Waals surface area contributed by atoms with Gasteiger partial charge in [0, 0.05) is 6.54 Å². The third-order valence-electron chi connectivity index (χ3n) is 2.00. The second-order valence-corrected chi connectivity index (χ2v) is 5.26. The van der Waals surface area contributed by atoms with Crippen LogP contribution < -0.4 is 9.46 Å². The average Bonchev–Trinajstić information content (AvgIpc) is 2.26. The van der Waals surface area contributed by atoms with Crippen LogP contribution in [-0.4, -0.2) is 33.3 Å².